The van der Waals surface area contributed by atoms with Crippen molar-refractivity contribution in [2.75, 3.05) is 0 Å². The van der Waals surface area contributed by atoms with Gasteiger partial charge in [-0.2, -0.15) is 0 Å². The molecule has 2 aromatic carbocycles. The lowest BCUT2D eigenvalue weighted by molar-refractivity contribution is 0.214. The molecule has 0 fully saturated rings. The second-order valence-corrected chi connectivity index (χ2v) is 4.88. The number of benzene rings is 2. The van der Waals surface area contributed by atoms with E-state index in [0.717, 1.165) is 0 Å². The first-order valence-corrected chi connectivity index (χ1v) is 6.14. The van der Waals surface area contributed by atoms with Gasteiger partial charge in [-0.25, -0.2) is 4.39 Å². The van der Waals surface area contributed by atoms with Crippen LogP contribution < -0.4 is 0 Å². The van der Waals surface area contributed by atoms with Crippen molar-refractivity contribution in [3.05, 3.63) is 68.9 Å². The number of hydrogen-bond donors (Lipinski definition) is 1. The zero-order chi connectivity index (χ0) is 12.4. The van der Waals surface area contributed by atoms with E-state index in [9.17, 15) is 9.50 Å². The highest BCUT2D eigenvalue weighted by atomic mass is 79.9. The molecule has 0 saturated heterocycles. The number of aliphatic hydroxyl groups is 1. The molecule has 0 heterocycles. The van der Waals surface area contributed by atoms with Gasteiger partial charge >= 0.3 is 0 Å². The molecule has 1 atom stereocenters. The third-order valence-corrected chi connectivity index (χ3v) is 3.41. The highest BCUT2D eigenvalue weighted by Gasteiger charge is 2.17. The molecule has 0 aliphatic carbocycles. The predicted molar refractivity (Wildman–Crippen MR) is 69.6 cm³/mol. The molecule has 0 aliphatic rings. The number of aliphatic hydroxyl groups excluding tert-OH is 1. The number of halogens is 3. The summed E-state index contributed by atoms with van der Waals surface area (Å²) in [5.41, 5.74) is 0.776. The molecule has 0 bridgehead atoms. The molecule has 0 saturated carbocycles. The summed E-state index contributed by atoms with van der Waals surface area (Å²) in [7, 11) is 0. The van der Waals surface area contributed by atoms with E-state index in [1.54, 1.807) is 36.4 Å². The zero-order valence-corrected chi connectivity index (χ0v) is 11.0. The van der Waals surface area contributed by atoms with E-state index >= 15 is 0 Å². The minimum absolute atomic E-state index is 0.232. The number of rotatable bonds is 2. The largest absolute Gasteiger partial charge is 0.384 e. The van der Waals surface area contributed by atoms with E-state index < -0.39 is 11.9 Å². The Labute approximate surface area is 112 Å². The minimum atomic E-state index is -1.04. The molecule has 1 N–H and O–H groups in total. The van der Waals surface area contributed by atoms with Gasteiger partial charge in [0.15, 0.2) is 0 Å². The highest BCUT2D eigenvalue weighted by molar-refractivity contribution is 9.10. The summed E-state index contributed by atoms with van der Waals surface area (Å²) < 4.78 is 14.2. The zero-order valence-electron chi connectivity index (χ0n) is 8.70. The first kappa shape index (κ1) is 12.6. The van der Waals surface area contributed by atoms with Crippen molar-refractivity contribution in [3.8, 4) is 0 Å². The SMILES string of the molecule is O[C@@H](c1ccccc1F)c1cc(Cl)ccc1Br. The normalized spacial score (nSPS) is 12.5. The minimum Gasteiger partial charge on any atom is -0.384 e. The third-order valence-electron chi connectivity index (χ3n) is 2.45. The van der Waals surface area contributed by atoms with Crippen molar-refractivity contribution in [1.82, 2.24) is 0 Å². The molecule has 88 valence electrons. The van der Waals surface area contributed by atoms with Crippen LogP contribution in [0.15, 0.2) is 46.9 Å². The van der Waals surface area contributed by atoms with Gasteiger partial charge in [-0.05, 0) is 24.3 Å². The average Bonchev–Trinajstić information content (AvgIpc) is 2.32. The van der Waals surface area contributed by atoms with Gasteiger partial charge in [0.25, 0.3) is 0 Å². The lowest BCUT2D eigenvalue weighted by Crippen LogP contribution is -2.03. The molecule has 0 aromatic heterocycles. The smallest absolute Gasteiger partial charge is 0.129 e. The summed E-state index contributed by atoms with van der Waals surface area (Å²) in [4.78, 5) is 0. The Morgan fingerprint density at radius 1 is 1.12 bits per heavy atom. The lowest BCUT2D eigenvalue weighted by Gasteiger charge is -2.14. The highest BCUT2D eigenvalue weighted by Crippen LogP contribution is 2.31. The van der Waals surface area contributed by atoms with Crippen LogP contribution in [-0.4, -0.2) is 5.11 Å². The Hall–Kier alpha value is -0.900. The summed E-state index contributed by atoms with van der Waals surface area (Å²) in [5, 5.41) is 10.6. The monoisotopic (exact) mass is 314 g/mol. The van der Waals surface area contributed by atoms with Crippen LogP contribution in [0.4, 0.5) is 4.39 Å². The van der Waals surface area contributed by atoms with Crippen LogP contribution in [-0.2, 0) is 0 Å². The van der Waals surface area contributed by atoms with E-state index in [-0.39, 0.29) is 5.56 Å². The molecule has 17 heavy (non-hydrogen) atoms. The van der Waals surface area contributed by atoms with Crippen molar-refractivity contribution in [1.29, 1.82) is 0 Å². The fourth-order valence-corrected chi connectivity index (χ4v) is 2.23. The Bertz CT molecular complexity index is 545. The number of hydrogen-bond acceptors (Lipinski definition) is 1. The topological polar surface area (TPSA) is 20.2 Å². The van der Waals surface area contributed by atoms with Crippen LogP contribution in [0.2, 0.25) is 5.02 Å². The maximum atomic E-state index is 13.5. The summed E-state index contributed by atoms with van der Waals surface area (Å²) in [6.45, 7) is 0. The first-order valence-electron chi connectivity index (χ1n) is 4.97. The molecule has 4 heteroatoms. The fraction of sp³-hybridized carbons (Fsp3) is 0.0769. The average molecular weight is 316 g/mol. The van der Waals surface area contributed by atoms with Crippen LogP contribution in [0.3, 0.4) is 0 Å². The molecule has 2 rings (SSSR count). The van der Waals surface area contributed by atoms with Gasteiger partial charge in [0, 0.05) is 20.6 Å². The Balaban J connectivity index is 2.47. The summed E-state index contributed by atoms with van der Waals surface area (Å²) in [6, 6.07) is 11.2. The quantitative estimate of drug-likeness (QED) is 0.875. The van der Waals surface area contributed by atoms with Crippen LogP contribution >= 0.6 is 27.5 Å². The van der Waals surface area contributed by atoms with Crippen molar-refractivity contribution < 1.29 is 9.50 Å². The molecule has 2 aromatic rings. The molecule has 0 radical (unpaired) electrons. The van der Waals surface area contributed by atoms with Crippen molar-refractivity contribution in [2.24, 2.45) is 0 Å². The van der Waals surface area contributed by atoms with Gasteiger partial charge in [0.05, 0.1) is 0 Å². The van der Waals surface area contributed by atoms with Gasteiger partial charge in [0.1, 0.15) is 11.9 Å². The Kier molecular flexibility index (Phi) is 3.82. The molecular weight excluding hydrogens is 306 g/mol. The van der Waals surface area contributed by atoms with E-state index in [1.807, 2.05) is 0 Å². The lowest BCUT2D eigenvalue weighted by atomic mass is 10.0. The van der Waals surface area contributed by atoms with E-state index in [1.165, 1.54) is 6.07 Å². The predicted octanol–water partition coefficient (Wildman–Crippen LogP) is 4.32. The Morgan fingerprint density at radius 3 is 2.53 bits per heavy atom. The van der Waals surface area contributed by atoms with Crippen LogP contribution in [0, 0.1) is 5.82 Å². The molecule has 0 aliphatic heterocycles. The van der Waals surface area contributed by atoms with Gasteiger partial charge in [0.2, 0.25) is 0 Å². The standard InChI is InChI=1S/C13H9BrClFO/c14-11-6-5-8(15)7-10(11)13(17)9-3-1-2-4-12(9)16/h1-7,13,17H/t13-/m0/s1. The maximum Gasteiger partial charge on any atom is 0.129 e. The molecule has 0 unspecified atom stereocenters. The van der Waals surface area contributed by atoms with Gasteiger partial charge in [-0.1, -0.05) is 45.7 Å². The van der Waals surface area contributed by atoms with E-state index in [4.69, 9.17) is 11.6 Å². The summed E-state index contributed by atoms with van der Waals surface area (Å²) >= 11 is 9.17. The second kappa shape index (κ2) is 5.17. The first-order chi connectivity index (χ1) is 8.09. The molecule has 0 amide bonds. The third kappa shape index (κ3) is 2.68. The molecule has 0 spiro atoms. The van der Waals surface area contributed by atoms with Crippen molar-refractivity contribution in [2.45, 2.75) is 6.10 Å². The molecule has 1 nitrogen and oxygen atoms in total. The van der Waals surface area contributed by atoms with Crippen LogP contribution in [0.25, 0.3) is 0 Å². The Morgan fingerprint density at radius 2 is 1.82 bits per heavy atom. The van der Waals surface area contributed by atoms with E-state index in [0.29, 0.717) is 15.1 Å². The summed E-state index contributed by atoms with van der Waals surface area (Å²) in [5.74, 6) is -0.438. The molecular formula is C13H9BrClFO. The fourth-order valence-electron chi connectivity index (χ4n) is 1.59. The van der Waals surface area contributed by atoms with Gasteiger partial charge in [-0.3, -0.25) is 0 Å². The van der Waals surface area contributed by atoms with E-state index in [2.05, 4.69) is 15.9 Å². The van der Waals surface area contributed by atoms with Gasteiger partial charge in [-0.15, -0.1) is 0 Å². The van der Waals surface area contributed by atoms with Gasteiger partial charge < -0.3 is 5.11 Å². The van der Waals surface area contributed by atoms with Crippen LogP contribution in [0.1, 0.15) is 17.2 Å². The van der Waals surface area contributed by atoms with Crippen LogP contribution in [0.5, 0.6) is 0 Å². The summed E-state index contributed by atoms with van der Waals surface area (Å²) in [6.07, 6.45) is -1.04. The maximum absolute atomic E-state index is 13.5. The van der Waals surface area contributed by atoms with Crippen molar-refractivity contribution >= 4 is 27.5 Å². The van der Waals surface area contributed by atoms with Crippen molar-refractivity contribution in [3.63, 3.8) is 0 Å². The second-order valence-electron chi connectivity index (χ2n) is 3.59.